The summed E-state index contributed by atoms with van der Waals surface area (Å²) in [6, 6.07) is 0. The molecule has 2 N–H and O–H groups in total. The second-order valence-corrected chi connectivity index (χ2v) is 5.75. The molecule has 1 amide bonds. The first-order valence-corrected chi connectivity index (χ1v) is 6.58. The Morgan fingerprint density at radius 2 is 2.29 bits per heavy atom. The maximum absolute atomic E-state index is 11.6. The van der Waals surface area contributed by atoms with E-state index < -0.39 is 0 Å². The van der Waals surface area contributed by atoms with Gasteiger partial charge in [0.05, 0.1) is 0 Å². The molecule has 0 aromatic rings. The minimum absolute atomic E-state index is 0.0289. The van der Waals surface area contributed by atoms with Crippen LogP contribution in [0, 0.1) is 11.3 Å². The summed E-state index contributed by atoms with van der Waals surface area (Å²) in [7, 11) is 0. The Morgan fingerprint density at radius 1 is 1.53 bits per heavy atom. The van der Waals surface area contributed by atoms with Crippen molar-refractivity contribution < 1.29 is 9.90 Å². The number of nitrogens with one attached hydrogen (secondary N) is 1. The van der Waals surface area contributed by atoms with Crippen molar-refractivity contribution in [3.63, 3.8) is 0 Å². The molecule has 1 aliphatic rings. The van der Waals surface area contributed by atoms with E-state index in [0.29, 0.717) is 12.3 Å². The first kappa shape index (κ1) is 14.2. The Kier molecular flexibility index (Phi) is 5.69. The fourth-order valence-electron chi connectivity index (χ4n) is 2.05. The van der Waals surface area contributed by atoms with Gasteiger partial charge in [0.2, 0.25) is 5.91 Å². The number of hydrogen-bond acceptors (Lipinski definition) is 2. The van der Waals surface area contributed by atoms with Crippen LogP contribution in [0.1, 0.15) is 46.0 Å². The number of rotatable bonds is 7. The normalized spacial score (nSPS) is 19.6. The third-order valence-electron chi connectivity index (χ3n) is 3.34. The summed E-state index contributed by atoms with van der Waals surface area (Å²) in [5, 5.41) is 12.0. The highest BCUT2D eigenvalue weighted by Crippen LogP contribution is 2.21. The molecule has 0 bridgehead atoms. The van der Waals surface area contributed by atoms with Gasteiger partial charge in [-0.05, 0) is 37.0 Å². The average Bonchev–Trinajstić information content (AvgIpc) is 2.77. The Bertz CT molecular complexity index is 271. The van der Waals surface area contributed by atoms with Gasteiger partial charge in [-0.3, -0.25) is 4.79 Å². The fourth-order valence-corrected chi connectivity index (χ4v) is 2.05. The quantitative estimate of drug-likeness (QED) is 0.529. The number of allylic oxidation sites excluding steroid dienone is 2. The van der Waals surface area contributed by atoms with Crippen molar-refractivity contribution in [3.8, 4) is 0 Å². The van der Waals surface area contributed by atoms with Gasteiger partial charge in [0.1, 0.15) is 0 Å². The predicted octanol–water partition coefficient (Wildman–Crippen LogP) is 2.26. The molecule has 1 unspecified atom stereocenters. The molecule has 0 radical (unpaired) electrons. The van der Waals surface area contributed by atoms with Crippen LogP contribution in [0.2, 0.25) is 0 Å². The lowest BCUT2D eigenvalue weighted by atomic mass is 9.89. The predicted molar refractivity (Wildman–Crippen MR) is 69.6 cm³/mol. The van der Waals surface area contributed by atoms with Gasteiger partial charge in [0.15, 0.2) is 0 Å². The van der Waals surface area contributed by atoms with E-state index in [1.165, 1.54) is 0 Å². The molecular weight excluding hydrogens is 214 g/mol. The molecule has 0 aliphatic heterocycles. The van der Waals surface area contributed by atoms with Gasteiger partial charge in [0, 0.05) is 19.6 Å². The van der Waals surface area contributed by atoms with Crippen LogP contribution in [0.4, 0.5) is 0 Å². The minimum Gasteiger partial charge on any atom is -0.396 e. The van der Waals surface area contributed by atoms with Crippen LogP contribution < -0.4 is 5.32 Å². The van der Waals surface area contributed by atoms with Crippen molar-refractivity contribution in [2.75, 3.05) is 13.2 Å². The number of carbonyl (C=O) groups is 1. The summed E-state index contributed by atoms with van der Waals surface area (Å²) >= 11 is 0. The number of hydrogen-bond donors (Lipinski definition) is 2. The van der Waals surface area contributed by atoms with Gasteiger partial charge in [-0.15, -0.1) is 0 Å². The molecule has 0 saturated carbocycles. The smallest absolute Gasteiger partial charge is 0.220 e. The Hall–Kier alpha value is -0.830. The van der Waals surface area contributed by atoms with Gasteiger partial charge < -0.3 is 10.4 Å². The van der Waals surface area contributed by atoms with Crippen LogP contribution in [-0.2, 0) is 4.79 Å². The molecule has 0 saturated heterocycles. The molecule has 0 heterocycles. The Balaban J connectivity index is 2.06. The first-order valence-electron chi connectivity index (χ1n) is 6.58. The molecule has 0 aromatic heterocycles. The summed E-state index contributed by atoms with van der Waals surface area (Å²) in [4.78, 5) is 11.6. The zero-order valence-corrected chi connectivity index (χ0v) is 11.0. The largest absolute Gasteiger partial charge is 0.396 e. The van der Waals surface area contributed by atoms with Crippen LogP contribution >= 0.6 is 0 Å². The highest BCUT2D eigenvalue weighted by atomic mass is 16.3. The highest BCUT2D eigenvalue weighted by molar-refractivity contribution is 5.76. The topological polar surface area (TPSA) is 49.3 Å². The third-order valence-corrected chi connectivity index (χ3v) is 3.34. The van der Waals surface area contributed by atoms with E-state index in [0.717, 1.165) is 32.2 Å². The van der Waals surface area contributed by atoms with Gasteiger partial charge in [0.25, 0.3) is 0 Å². The molecule has 3 nitrogen and oxygen atoms in total. The maximum Gasteiger partial charge on any atom is 0.220 e. The van der Waals surface area contributed by atoms with Crippen molar-refractivity contribution in [3.05, 3.63) is 12.2 Å². The molecule has 0 spiro atoms. The van der Waals surface area contributed by atoms with E-state index >= 15 is 0 Å². The van der Waals surface area contributed by atoms with Crippen LogP contribution in [0.3, 0.4) is 0 Å². The lowest BCUT2D eigenvalue weighted by Crippen LogP contribution is -2.27. The molecular formula is C14H25NO2. The number of aliphatic hydroxyl groups is 1. The van der Waals surface area contributed by atoms with Crippen molar-refractivity contribution in [2.45, 2.75) is 46.0 Å². The highest BCUT2D eigenvalue weighted by Gasteiger charge is 2.16. The summed E-state index contributed by atoms with van der Waals surface area (Å²) in [6.45, 7) is 5.00. The Morgan fingerprint density at radius 3 is 2.88 bits per heavy atom. The second kappa shape index (κ2) is 6.80. The molecule has 98 valence electrons. The zero-order chi connectivity index (χ0) is 12.7. The van der Waals surface area contributed by atoms with E-state index in [1.54, 1.807) is 0 Å². The molecule has 3 heteroatoms. The molecule has 17 heavy (non-hydrogen) atoms. The summed E-state index contributed by atoms with van der Waals surface area (Å²) < 4.78 is 0. The number of carbonyl (C=O) groups excluding carboxylic acids is 1. The number of amides is 1. The minimum atomic E-state index is -0.0289. The van der Waals surface area contributed by atoms with Gasteiger partial charge in [-0.25, -0.2) is 0 Å². The van der Waals surface area contributed by atoms with Crippen LogP contribution in [0.15, 0.2) is 12.2 Å². The van der Waals surface area contributed by atoms with Gasteiger partial charge in [-0.1, -0.05) is 26.0 Å². The monoisotopic (exact) mass is 239 g/mol. The summed E-state index contributed by atoms with van der Waals surface area (Å²) in [5.74, 6) is 0.604. The van der Waals surface area contributed by atoms with Crippen LogP contribution in [-0.4, -0.2) is 24.2 Å². The van der Waals surface area contributed by atoms with Gasteiger partial charge in [-0.2, -0.15) is 0 Å². The molecule has 1 aliphatic carbocycles. The third kappa shape index (κ3) is 5.87. The fraction of sp³-hybridized carbons (Fsp3) is 0.786. The average molecular weight is 239 g/mol. The number of aliphatic hydroxyl groups excluding tert-OH is 1. The standard InChI is InChI=1S/C14H25NO2/c1-14(2,11-16)8-5-9-15-13(17)10-12-6-3-4-7-12/h3,6,12,16H,4-5,7-11H2,1-2H3,(H,15,17). The molecule has 0 aromatic carbocycles. The van der Waals surface area contributed by atoms with Crippen molar-refractivity contribution >= 4 is 5.91 Å². The summed E-state index contributed by atoms with van der Waals surface area (Å²) in [6.07, 6.45) is 9.02. The Labute approximate surface area is 104 Å². The molecule has 1 rings (SSSR count). The van der Waals surface area contributed by atoms with Crippen molar-refractivity contribution in [1.29, 1.82) is 0 Å². The molecule has 1 atom stereocenters. The lowest BCUT2D eigenvalue weighted by molar-refractivity contribution is -0.121. The van der Waals surface area contributed by atoms with Crippen molar-refractivity contribution in [1.82, 2.24) is 5.32 Å². The second-order valence-electron chi connectivity index (χ2n) is 5.75. The van der Waals surface area contributed by atoms with Crippen LogP contribution in [0.25, 0.3) is 0 Å². The maximum atomic E-state index is 11.6. The van der Waals surface area contributed by atoms with E-state index in [2.05, 4.69) is 17.5 Å². The first-order chi connectivity index (χ1) is 8.03. The van der Waals surface area contributed by atoms with E-state index in [1.807, 2.05) is 13.8 Å². The molecule has 0 fully saturated rings. The van der Waals surface area contributed by atoms with Crippen molar-refractivity contribution in [2.24, 2.45) is 11.3 Å². The van der Waals surface area contributed by atoms with E-state index in [-0.39, 0.29) is 17.9 Å². The van der Waals surface area contributed by atoms with Crippen LogP contribution in [0.5, 0.6) is 0 Å². The SMILES string of the molecule is CC(C)(CO)CCCNC(=O)CC1C=CCC1. The lowest BCUT2D eigenvalue weighted by Gasteiger charge is -2.21. The van der Waals surface area contributed by atoms with E-state index in [4.69, 9.17) is 5.11 Å². The van der Waals surface area contributed by atoms with Gasteiger partial charge >= 0.3 is 0 Å². The van der Waals surface area contributed by atoms with E-state index in [9.17, 15) is 4.79 Å². The zero-order valence-electron chi connectivity index (χ0n) is 11.0. The summed E-state index contributed by atoms with van der Waals surface area (Å²) in [5.41, 5.74) is -0.0289.